The summed E-state index contributed by atoms with van der Waals surface area (Å²) in [6, 6.07) is 21.7. The summed E-state index contributed by atoms with van der Waals surface area (Å²) >= 11 is 0. The lowest BCUT2D eigenvalue weighted by Crippen LogP contribution is -2.28. The lowest BCUT2D eigenvalue weighted by Gasteiger charge is -2.09. The van der Waals surface area contributed by atoms with Gasteiger partial charge in [0, 0.05) is 25.3 Å². The van der Waals surface area contributed by atoms with Crippen LogP contribution in [0.5, 0.6) is 0 Å². The number of ether oxygens (including phenoxy) is 1. The Morgan fingerprint density at radius 2 is 1.61 bits per heavy atom. The number of nitrogens with one attached hydrogen (secondary N) is 3. The number of aromatic nitrogens is 1. The standard InChI is InChI=1S/C29H27FN4O4/c1-18-27(33-29(36)37-16-15-23-5-3-4-6-25(23)30)28(34-38-18)24-13-11-22(12-14-24)21-9-7-20(8-10-21)17-26(31)32-19(2)35/h3-14H,15-17H2,1-2H3,(H,33,36)(H2,31,32,35). The molecule has 0 spiro atoms. The minimum atomic E-state index is -0.683. The molecule has 2 amide bonds. The highest BCUT2D eigenvalue weighted by atomic mass is 19.1. The molecule has 0 atom stereocenters. The van der Waals surface area contributed by atoms with Crippen molar-refractivity contribution in [1.82, 2.24) is 10.5 Å². The average molecular weight is 515 g/mol. The first-order chi connectivity index (χ1) is 18.3. The number of hydrogen-bond donors (Lipinski definition) is 3. The first kappa shape index (κ1) is 26.3. The Morgan fingerprint density at radius 1 is 0.974 bits per heavy atom. The summed E-state index contributed by atoms with van der Waals surface area (Å²) in [5, 5.41) is 17.1. The highest BCUT2D eigenvalue weighted by Crippen LogP contribution is 2.32. The highest BCUT2D eigenvalue weighted by molar-refractivity contribution is 5.96. The van der Waals surface area contributed by atoms with Crippen molar-refractivity contribution in [3.63, 3.8) is 0 Å². The Hall–Kier alpha value is -4.79. The van der Waals surface area contributed by atoms with Crippen LogP contribution < -0.4 is 10.6 Å². The molecule has 0 bridgehead atoms. The van der Waals surface area contributed by atoms with Crippen LogP contribution in [0.15, 0.2) is 77.3 Å². The zero-order valence-electron chi connectivity index (χ0n) is 21.0. The van der Waals surface area contributed by atoms with Gasteiger partial charge in [-0.1, -0.05) is 71.9 Å². The highest BCUT2D eigenvalue weighted by Gasteiger charge is 2.18. The largest absolute Gasteiger partial charge is 0.449 e. The van der Waals surface area contributed by atoms with Crippen LogP contribution in [0.2, 0.25) is 0 Å². The lowest BCUT2D eigenvalue weighted by atomic mass is 10.0. The van der Waals surface area contributed by atoms with Crippen molar-refractivity contribution < 1.29 is 23.2 Å². The Bertz CT molecular complexity index is 1450. The van der Waals surface area contributed by atoms with Crippen molar-refractivity contribution in [3.8, 4) is 22.4 Å². The van der Waals surface area contributed by atoms with Crippen LogP contribution in [-0.4, -0.2) is 29.6 Å². The van der Waals surface area contributed by atoms with E-state index in [1.807, 2.05) is 48.5 Å². The lowest BCUT2D eigenvalue weighted by molar-refractivity contribution is -0.117. The number of carbonyl (C=O) groups excluding carboxylic acids is 2. The van der Waals surface area contributed by atoms with Gasteiger partial charge in [0.1, 0.15) is 23.0 Å². The van der Waals surface area contributed by atoms with Crippen LogP contribution in [-0.2, 0) is 22.4 Å². The van der Waals surface area contributed by atoms with Crippen molar-refractivity contribution in [2.75, 3.05) is 11.9 Å². The zero-order valence-corrected chi connectivity index (χ0v) is 21.0. The van der Waals surface area contributed by atoms with E-state index in [1.165, 1.54) is 13.0 Å². The Morgan fingerprint density at radius 3 is 2.26 bits per heavy atom. The van der Waals surface area contributed by atoms with Crippen LogP contribution in [0.3, 0.4) is 0 Å². The molecule has 38 heavy (non-hydrogen) atoms. The van der Waals surface area contributed by atoms with Crippen molar-refractivity contribution in [2.45, 2.75) is 26.7 Å². The van der Waals surface area contributed by atoms with E-state index in [9.17, 15) is 14.0 Å². The number of carbonyl (C=O) groups is 2. The molecule has 0 unspecified atom stereocenters. The first-order valence-corrected chi connectivity index (χ1v) is 12.0. The van der Waals surface area contributed by atoms with Gasteiger partial charge in [0.05, 0.1) is 6.61 Å². The molecule has 9 heteroatoms. The molecular formula is C29H27FN4O4. The molecule has 0 aliphatic rings. The Balaban J connectivity index is 1.39. The van der Waals surface area contributed by atoms with E-state index >= 15 is 0 Å². The summed E-state index contributed by atoms with van der Waals surface area (Å²) in [5.74, 6) is -0.0222. The minimum Gasteiger partial charge on any atom is -0.449 e. The van der Waals surface area contributed by atoms with Gasteiger partial charge in [-0.3, -0.25) is 15.5 Å². The summed E-state index contributed by atoms with van der Waals surface area (Å²) in [6.45, 7) is 3.09. The number of rotatable bonds is 8. The van der Waals surface area contributed by atoms with Crippen LogP contribution in [0.1, 0.15) is 23.8 Å². The van der Waals surface area contributed by atoms with Gasteiger partial charge in [0.25, 0.3) is 0 Å². The molecule has 0 saturated carbocycles. The smallest absolute Gasteiger partial charge is 0.411 e. The SMILES string of the molecule is CC(=O)NC(=N)Cc1ccc(-c2ccc(-c3noc(C)c3NC(=O)OCCc3ccccc3F)cc2)cc1. The van der Waals surface area contributed by atoms with Crippen molar-refractivity contribution >= 4 is 23.5 Å². The molecule has 1 heterocycles. The quantitative estimate of drug-likeness (QED) is 0.200. The molecule has 1 aromatic heterocycles. The summed E-state index contributed by atoms with van der Waals surface area (Å²) in [4.78, 5) is 23.5. The van der Waals surface area contributed by atoms with Crippen LogP contribution in [0.25, 0.3) is 22.4 Å². The van der Waals surface area contributed by atoms with E-state index in [1.54, 1.807) is 25.1 Å². The van der Waals surface area contributed by atoms with E-state index in [-0.39, 0.29) is 30.6 Å². The third-order valence-electron chi connectivity index (χ3n) is 5.81. The molecule has 4 rings (SSSR count). The predicted octanol–water partition coefficient (Wildman–Crippen LogP) is 5.90. The number of hydrogen-bond acceptors (Lipinski definition) is 6. The van der Waals surface area contributed by atoms with Crippen molar-refractivity contribution in [2.24, 2.45) is 0 Å². The van der Waals surface area contributed by atoms with Gasteiger partial charge in [0.15, 0.2) is 5.76 Å². The molecular weight excluding hydrogens is 487 g/mol. The van der Waals surface area contributed by atoms with E-state index in [4.69, 9.17) is 14.7 Å². The molecule has 0 aliphatic heterocycles. The van der Waals surface area contributed by atoms with E-state index in [0.717, 1.165) is 22.3 Å². The number of anilines is 1. The predicted molar refractivity (Wildman–Crippen MR) is 142 cm³/mol. The van der Waals surface area contributed by atoms with Gasteiger partial charge in [-0.15, -0.1) is 0 Å². The summed E-state index contributed by atoms with van der Waals surface area (Å²) in [6.07, 6.45) is -0.0844. The fraction of sp³-hybridized carbons (Fsp3) is 0.172. The molecule has 0 radical (unpaired) electrons. The van der Waals surface area contributed by atoms with Gasteiger partial charge in [-0.25, -0.2) is 9.18 Å². The van der Waals surface area contributed by atoms with Gasteiger partial charge in [-0.2, -0.15) is 0 Å². The minimum absolute atomic E-state index is 0.0221. The summed E-state index contributed by atoms with van der Waals surface area (Å²) in [5.41, 5.74) is 4.96. The molecule has 3 N–H and O–H groups in total. The normalized spacial score (nSPS) is 10.6. The maximum absolute atomic E-state index is 13.8. The molecule has 3 aromatic carbocycles. The number of amidine groups is 1. The molecule has 0 aliphatic carbocycles. The Labute approximate surface area is 219 Å². The number of amides is 2. The number of nitrogens with zero attached hydrogens (tertiary/aromatic N) is 1. The zero-order chi connectivity index (χ0) is 27.1. The molecule has 194 valence electrons. The summed E-state index contributed by atoms with van der Waals surface area (Å²) in [7, 11) is 0. The van der Waals surface area contributed by atoms with Crippen LogP contribution in [0.4, 0.5) is 14.9 Å². The van der Waals surface area contributed by atoms with Crippen LogP contribution >= 0.6 is 0 Å². The molecule has 0 fully saturated rings. The van der Waals surface area contributed by atoms with Gasteiger partial charge < -0.3 is 14.6 Å². The van der Waals surface area contributed by atoms with E-state index in [0.29, 0.717) is 29.1 Å². The number of aryl methyl sites for hydroxylation is 1. The third kappa shape index (κ3) is 6.70. The number of benzene rings is 3. The van der Waals surface area contributed by atoms with Crippen LogP contribution in [0, 0.1) is 18.2 Å². The molecule has 8 nitrogen and oxygen atoms in total. The maximum Gasteiger partial charge on any atom is 0.411 e. The van der Waals surface area contributed by atoms with Gasteiger partial charge in [-0.05, 0) is 35.2 Å². The van der Waals surface area contributed by atoms with E-state index < -0.39 is 6.09 Å². The van der Waals surface area contributed by atoms with Gasteiger partial charge >= 0.3 is 6.09 Å². The third-order valence-corrected chi connectivity index (χ3v) is 5.81. The van der Waals surface area contributed by atoms with E-state index in [2.05, 4.69) is 15.8 Å². The molecule has 4 aromatic rings. The second kappa shape index (κ2) is 12.0. The summed E-state index contributed by atoms with van der Waals surface area (Å²) < 4.78 is 24.3. The fourth-order valence-electron chi connectivity index (χ4n) is 3.91. The average Bonchev–Trinajstić information content (AvgIpc) is 3.25. The maximum atomic E-state index is 13.8. The van der Waals surface area contributed by atoms with Crippen molar-refractivity contribution in [1.29, 1.82) is 5.41 Å². The van der Waals surface area contributed by atoms with Gasteiger partial charge in [0.2, 0.25) is 5.91 Å². The second-order valence-corrected chi connectivity index (χ2v) is 8.68. The van der Waals surface area contributed by atoms with Crippen molar-refractivity contribution in [3.05, 3.63) is 95.5 Å². The second-order valence-electron chi connectivity index (χ2n) is 8.68. The molecule has 0 saturated heterocycles. The Kier molecular flexibility index (Phi) is 8.27. The first-order valence-electron chi connectivity index (χ1n) is 12.0. The topological polar surface area (TPSA) is 117 Å². The fourth-order valence-corrected chi connectivity index (χ4v) is 3.91. The monoisotopic (exact) mass is 514 g/mol. The number of halogens is 1.